The zero-order chi connectivity index (χ0) is 24.5. The van der Waals surface area contributed by atoms with Gasteiger partial charge < -0.3 is 19.5 Å². The second-order valence-electron chi connectivity index (χ2n) is 9.07. The Morgan fingerprint density at radius 3 is 1.91 bits per heavy atom. The smallest absolute Gasteiger partial charge is 0.331 e. The molecule has 0 bridgehead atoms. The molecule has 1 amide bonds. The molecule has 1 aromatic carbocycles. The van der Waals surface area contributed by atoms with Crippen LogP contribution in [0.4, 0.5) is 0 Å². The number of amides is 1. The van der Waals surface area contributed by atoms with Gasteiger partial charge >= 0.3 is 5.97 Å². The Balaban J connectivity index is 2.21. The predicted molar refractivity (Wildman–Crippen MR) is 130 cm³/mol. The van der Waals surface area contributed by atoms with Crippen LogP contribution in [0.1, 0.15) is 82.4 Å². The molecule has 0 aliphatic heterocycles. The van der Waals surface area contributed by atoms with E-state index in [1.807, 2.05) is 32.9 Å². The van der Waals surface area contributed by atoms with E-state index in [4.69, 9.17) is 25.8 Å². The van der Waals surface area contributed by atoms with Gasteiger partial charge in [0.1, 0.15) is 5.54 Å². The highest BCUT2D eigenvalue weighted by atomic mass is 35.5. The fraction of sp³-hybridized carbons (Fsp3) is 0.692. The van der Waals surface area contributed by atoms with Crippen LogP contribution >= 0.6 is 11.6 Å². The van der Waals surface area contributed by atoms with Crippen molar-refractivity contribution in [2.75, 3.05) is 19.8 Å². The number of nitrogens with one attached hydrogen (secondary N) is 1. The van der Waals surface area contributed by atoms with Gasteiger partial charge in [-0.25, -0.2) is 4.79 Å². The summed E-state index contributed by atoms with van der Waals surface area (Å²) in [5.41, 5.74) is 1.77. The number of benzene rings is 1. The summed E-state index contributed by atoms with van der Waals surface area (Å²) >= 11 is 6.14. The third-order valence-electron chi connectivity index (χ3n) is 6.21. The Hall–Kier alpha value is -1.63. The Morgan fingerprint density at radius 2 is 1.42 bits per heavy atom. The fourth-order valence-corrected chi connectivity index (χ4v) is 4.70. The molecular formula is C26H40ClNO5. The van der Waals surface area contributed by atoms with Gasteiger partial charge in [-0.05, 0) is 74.8 Å². The summed E-state index contributed by atoms with van der Waals surface area (Å²) in [6.45, 7) is 11.5. The van der Waals surface area contributed by atoms with E-state index in [1.165, 1.54) is 0 Å². The van der Waals surface area contributed by atoms with E-state index in [1.54, 1.807) is 0 Å². The SMILES string of the molecule is CCCOC(=O)C1(NC(=O)Cc2c(C)cc(Cl)cc2C)CCC(OCCC)(OCCC)CC1. The Bertz CT molecular complexity index is 769. The number of hydrogen-bond acceptors (Lipinski definition) is 5. The van der Waals surface area contributed by atoms with Crippen molar-refractivity contribution >= 4 is 23.5 Å². The van der Waals surface area contributed by atoms with Crippen LogP contribution in [0.2, 0.25) is 5.02 Å². The first kappa shape index (κ1) is 27.6. The average Bonchev–Trinajstić information content (AvgIpc) is 2.78. The van der Waals surface area contributed by atoms with Crippen molar-refractivity contribution in [3.8, 4) is 0 Å². The molecule has 1 aliphatic carbocycles. The molecule has 7 heteroatoms. The molecule has 33 heavy (non-hydrogen) atoms. The minimum Gasteiger partial charge on any atom is -0.464 e. The molecular weight excluding hydrogens is 442 g/mol. The lowest BCUT2D eigenvalue weighted by atomic mass is 9.78. The Kier molecular flexibility index (Phi) is 10.6. The van der Waals surface area contributed by atoms with E-state index in [0.29, 0.717) is 50.5 Å². The van der Waals surface area contributed by atoms with Crippen LogP contribution in [0.3, 0.4) is 0 Å². The van der Waals surface area contributed by atoms with Gasteiger partial charge in [0, 0.05) is 31.1 Å². The van der Waals surface area contributed by atoms with Gasteiger partial charge in [0.2, 0.25) is 5.91 Å². The first-order valence-corrected chi connectivity index (χ1v) is 12.6. The maximum atomic E-state index is 13.1. The maximum absolute atomic E-state index is 13.1. The maximum Gasteiger partial charge on any atom is 0.331 e. The van der Waals surface area contributed by atoms with Crippen molar-refractivity contribution in [1.82, 2.24) is 5.32 Å². The Labute approximate surface area is 203 Å². The van der Waals surface area contributed by atoms with Gasteiger partial charge in [0.05, 0.1) is 13.0 Å². The number of hydrogen-bond donors (Lipinski definition) is 1. The van der Waals surface area contributed by atoms with E-state index in [2.05, 4.69) is 19.2 Å². The molecule has 0 aromatic heterocycles. The number of rotatable bonds is 12. The van der Waals surface area contributed by atoms with Gasteiger partial charge in [-0.15, -0.1) is 0 Å². The van der Waals surface area contributed by atoms with Gasteiger partial charge in [0.15, 0.2) is 5.79 Å². The van der Waals surface area contributed by atoms with Gasteiger partial charge in [-0.2, -0.15) is 0 Å². The Morgan fingerprint density at radius 1 is 0.909 bits per heavy atom. The van der Waals surface area contributed by atoms with Crippen LogP contribution in [0.5, 0.6) is 0 Å². The minimum atomic E-state index is -1.07. The molecule has 0 radical (unpaired) electrons. The van der Waals surface area contributed by atoms with Crippen molar-refractivity contribution in [2.24, 2.45) is 0 Å². The van der Waals surface area contributed by atoms with E-state index < -0.39 is 11.3 Å². The summed E-state index contributed by atoms with van der Waals surface area (Å²) in [6.07, 6.45) is 4.54. The van der Waals surface area contributed by atoms with E-state index in [0.717, 1.165) is 36.0 Å². The quantitative estimate of drug-likeness (QED) is 0.318. The fourth-order valence-electron chi connectivity index (χ4n) is 4.37. The molecule has 6 nitrogen and oxygen atoms in total. The molecule has 0 saturated heterocycles. The minimum absolute atomic E-state index is 0.182. The van der Waals surface area contributed by atoms with Gasteiger partial charge in [0.25, 0.3) is 0 Å². The zero-order valence-electron chi connectivity index (χ0n) is 20.9. The van der Waals surface area contributed by atoms with Crippen molar-refractivity contribution in [1.29, 1.82) is 0 Å². The first-order valence-electron chi connectivity index (χ1n) is 12.2. The third kappa shape index (κ3) is 7.43. The lowest BCUT2D eigenvalue weighted by molar-refractivity contribution is -0.258. The molecule has 0 heterocycles. The monoisotopic (exact) mass is 481 g/mol. The number of aryl methyl sites for hydroxylation is 2. The number of halogens is 1. The number of carbonyl (C=O) groups is 2. The molecule has 0 unspecified atom stereocenters. The lowest BCUT2D eigenvalue weighted by Gasteiger charge is -2.44. The van der Waals surface area contributed by atoms with Crippen LogP contribution in [-0.4, -0.2) is 43.0 Å². The number of ether oxygens (including phenoxy) is 3. The molecule has 1 saturated carbocycles. The second kappa shape index (κ2) is 12.7. The third-order valence-corrected chi connectivity index (χ3v) is 6.43. The van der Waals surface area contributed by atoms with E-state index in [-0.39, 0.29) is 18.3 Å². The highest BCUT2D eigenvalue weighted by molar-refractivity contribution is 6.30. The summed E-state index contributed by atoms with van der Waals surface area (Å²) < 4.78 is 17.8. The van der Waals surface area contributed by atoms with Crippen molar-refractivity contribution in [2.45, 2.75) is 97.3 Å². The molecule has 1 aliphatic rings. The predicted octanol–water partition coefficient (Wildman–Crippen LogP) is 5.43. The van der Waals surface area contributed by atoms with Crippen molar-refractivity contribution < 1.29 is 23.8 Å². The zero-order valence-corrected chi connectivity index (χ0v) is 21.6. The first-order chi connectivity index (χ1) is 15.7. The highest BCUT2D eigenvalue weighted by Crippen LogP contribution is 2.39. The number of esters is 1. The normalized spacial score (nSPS) is 16.9. The van der Waals surface area contributed by atoms with Crippen LogP contribution < -0.4 is 5.32 Å². The highest BCUT2D eigenvalue weighted by Gasteiger charge is 2.50. The largest absolute Gasteiger partial charge is 0.464 e. The molecule has 2 rings (SSSR count). The average molecular weight is 482 g/mol. The van der Waals surface area contributed by atoms with Crippen LogP contribution in [0, 0.1) is 13.8 Å². The van der Waals surface area contributed by atoms with E-state index >= 15 is 0 Å². The standard InChI is InChI=1S/C26H40ClNO5/c1-6-13-31-24(30)25(9-11-26(12-10-25,32-14-7-2)33-15-8-3)28-23(29)18-22-19(4)16-21(27)17-20(22)5/h16-17H,6-15,18H2,1-5H3,(H,28,29). The van der Waals surface area contributed by atoms with Crippen LogP contribution in [0.25, 0.3) is 0 Å². The molecule has 1 aromatic rings. The van der Waals surface area contributed by atoms with Gasteiger partial charge in [-0.1, -0.05) is 32.4 Å². The summed E-state index contributed by atoms with van der Waals surface area (Å²) in [5, 5.41) is 3.70. The summed E-state index contributed by atoms with van der Waals surface area (Å²) in [5.74, 6) is -1.29. The molecule has 1 N–H and O–H groups in total. The lowest BCUT2D eigenvalue weighted by Crippen LogP contribution is -2.60. The summed E-state index contributed by atoms with van der Waals surface area (Å²) in [7, 11) is 0. The molecule has 0 atom stereocenters. The second-order valence-corrected chi connectivity index (χ2v) is 9.51. The van der Waals surface area contributed by atoms with Crippen molar-refractivity contribution in [3.05, 3.63) is 33.8 Å². The molecule has 0 spiro atoms. The van der Waals surface area contributed by atoms with Gasteiger partial charge in [-0.3, -0.25) is 4.79 Å². The number of carbonyl (C=O) groups excluding carboxylic acids is 2. The van der Waals surface area contributed by atoms with Crippen LogP contribution in [-0.2, 0) is 30.2 Å². The topological polar surface area (TPSA) is 73.9 Å². The summed E-state index contributed by atoms with van der Waals surface area (Å²) in [6, 6.07) is 3.71. The van der Waals surface area contributed by atoms with E-state index in [9.17, 15) is 9.59 Å². The van der Waals surface area contributed by atoms with Crippen molar-refractivity contribution in [3.63, 3.8) is 0 Å². The summed E-state index contributed by atoms with van der Waals surface area (Å²) in [4.78, 5) is 26.3. The van der Waals surface area contributed by atoms with Crippen LogP contribution in [0.15, 0.2) is 12.1 Å². The molecule has 186 valence electrons. The molecule has 1 fully saturated rings.